The van der Waals surface area contributed by atoms with Gasteiger partial charge in [-0.25, -0.2) is 0 Å². The van der Waals surface area contributed by atoms with Crippen molar-refractivity contribution in [1.82, 2.24) is 20.9 Å². The summed E-state index contributed by atoms with van der Waals surface area (Å²) in [5.74, 6) is 1.31. The Hall–Kier alpha value is -1.39. The molecule has 0 aliphatic carbocycles. The number of aliphatic imine (C=N–C) groups is 1. The van der Waals surface area contributed by atoms with Crippen molar-refractivity contribution in [3.05, 3.63) is 35.9 Å². The van der Waals surface area contributed by atoms with E-state index in [0.717, 1.165) is 26.2 Å². The third-order valence-corrected chi connectivity index (χ3v) is 4.31. The summed E-state index contributed by atoms with van der Waals surface area (Å²) in [5.41, 5.74) is 0.667. The van der Waals surface area contributed by atoms with Crippen molar-refractivity contribution in [2.45, 2.75) is 20.0 Å². The van der Waals surface area contributed by atoms with Crippen LogP contribution in [-0.2, 0) is 4.74 Å². The number of nitrogens with one attached hydrogen (secondary N) is 3. The number of hydrogen-bond acceptors (Lipinski definition) is 4. The van der Waals surface area contributed by atoms with Gasteiger partial charge in [-0.1, -0.05) is 32.0 Å². The number of carbonyl (C=O) groups excluding carboxylic acids is 1. The van der Waals surface area contributed by atoms with Gasteiger partial charge in [-0.2, -0.15) is 0 Å². The maximum Gasteiger partial charge on any atom is 0.251 e. The van der Waals surface area contributed by atoms with E-state index in [9.17, 15) is 4.79 Å². The van der Waals surface area contributed by atoms with Gasteiger partial charge in [-0.3, -0.25) is 14.7 Å². The van der Waals surface area contributed by atoms with E-state index in [-0.39, 0.29) is 36.0 Å². The molecule has 1 aliphatic heterocycles. The predicted octanol–water partition coefficient (Wildman–Crippen LogP) is 1.56. The fourth-order valence-electron chi connectivity index (χ4n) is 3.07. The molecular formula is C20H34IN5O2. The standard InChI is InChI=1S/C20H33N5O2.HI/c1-16(2)14-25-11-12-27-18(15-25)13-24-20(21-3)23-10-9-22-19(26)17-7-5-4-6-8-17;/h4-8,16,18H,9-15H2,1-3H3,(H,22,26)(H2,21,23,24);1H. The average molecular weight is 503 g/mol. The van der Waals surface area contributed by atoms with E-state index >= 15 is 0 Å². The van der Waals surface area contributed by atoms with Gasteiger partial charge in [0.15, 0.2) is 5.96 Å². The van der Waals surface area contributed by atoms with E-state index in [1.54, 1.807) is 19.2 Å². The Bertz CT molecular complexity index is 598. The second-order valence-electron chi connectivity index (χ2n) is 7.15. The monoisotopic (exact) mass is 503 g/mol. The zero-order chi connectivity index (χ0) is 19.5. The SMILES string of the molecule is CN=C(NCCNC(=O)c1ccccc1)NCC1CN(CC(C)C)CCO1.I. The highest BCUT2D eigenvalue weighted by molar-refractivity contribution is 14.0. The molecule has 1 saturated heterocycles. The molecule has 7 nitrogen and oxygen atoms in total. The number of morpholine rings is 1. The van der Waals surface area contributed by atoms with Gasteiger partial charge in [0, 0.05) is 51.9 Å². The van der Waals surface area contributed by atoms with Crippen LogP contribution in [0.5, 0.6) is 0 Å². The average Bonchev–Trinajstić information content (AvgIpc) is 2.67. The number of ether oxygens (including phenoxy) is 1. The molecule has 158 valence electrons. The highest BCUT2D eigenvalue weighted by Crippen LogP contribution is 2.07. The lowest BCUT2D eigenvalue weighted by molar-refractivity contribution is -0.0284. The van der Waals surface area contributed by atoms with E-state index in [0.29, 0.717) is 37.1 Å². The molecule has 3 N–H and O–H groups in total. The molecular weight excluding hydrogens is 469 g/mol. The smallest absolute Gasteiger partial charge is 0.251 e. The van der Waals surface area contributed by atoms with Gasteiger partial charge >= 0.3 is 0 Å². The third-order valence-electron chi connectivity index (χ3n) is 4.31. The molecule has 1 atom stereocenters. The van der Waals surface area contributed by atoms with Gasteiger partial charge in [0.2, 0.25) is 0 Å². The number of amides is 1. The van der Waals surface area contributed by atoms with Crippen molar-refractivity contribution >= 4 is 35.8 Å². The largest absolute Gasteiger partial charge is 0.374 e. The van der Waals surface area contributed by atoms with Gasteiger partial charge in [0.05, 0.1) is 12.7 Å². The number of rotatable bonds is 8. The third kappa shape index (κ3) is 9.20. The molecule has 28 heavy (non-hydrogen) atoms. The molecule has 2 rings (SSSR count). The zero-order valence-electron chi connectivity index (χ0n) is 17.1. The van der Waals surface area contributed by atoms with Crippen molar-refractivity contribution in [3.63, 3.8) is 0 Å². The maximum atomic E-state index is 12.0. The first-order chi connectivity index (χ1) is 13.1. The van der Waals surface area contributed by atoms with Crippen LogP contribution in [0.3, 0.4) is 0 Å². The topological polar surface area (TPSA) is 78.0 Å². The summed E-state index contributed by atoms with van der Waals surface area (Å²) in [7, 11) is 1.74. The van der Waals surface area contributed by atoms with Crippen LogP contribution in [0.15, 0.2) is 35.3 Å². The van der Waals surface area contributed by atoms with Crippen molar-refractivity contribution in [2.24, 2.45) is 10.9 Å². The molecule has 1 unspecified atom stereocenters. The lowest BCUT2D eigenvalue weighted by Gasteiger charge is -2.34. The Balaban J connectivity index is 0.00000392. The molecule has 1 amide bonds. The number of carbonyl (C=O) groups is 1. The van der Waals surface area contributed by atoms with E-state index < -0.39 is 0 Å². The second-order valence-corrected chi connectivity index (χ2v) is 7.15. The maximum absolute atomic E-state index is 12.0. The van der Waals surface area contributed by atoms with Gasteiger partial charge in [-0.15, -0.1) is 24.0 Å². The van der Waals surface area contributed by atoms with Crippen LogP contribution in [0.1, 0.15) is 24.2 Å². The quantitative estimate of drug-likeness (QED) is 0.217. The molecule has 1 fully saturated rings. The van der Waals surface area contributed by atoms with Crippen LogP contribution >= 0.6 is 24.0 Å². The number of halogens is 1. The fraction of sp³-hybridized carbons (Fsp3) is 0.600. The Morgan fingerprint density at radius 1 is 1.21 bits per heavy atom. The highest BCUT2D eigenvalue weighted by Gasteiger charge is 2.21. The summed E-state index contributed by atoms with van der Waals surface area (Å²) < 4.78 is 5.85. The predicted molar refractivity (Wildman–Crippen MR) is 125 cm³/mol. The Morgan fingerprint density at radius 2 is 1.93 bits per heavy atom. The summed E-state index contributed by atoms with van der Waals surface area (Å²) in [5, 5.41) is 9.41. The van der Waals surface area contributed by atoms with Crippen molar-refractivity contribution in [1.29, 1.82) is 0 Å². The summed E-state index contributed by atoms with van der Waals surface area (Å²) in [4.78, 5) is 18.7. The minimum absolute atomic E-state index is 0. The first kappa shape index (κ1) is 24.6. The zero-order valence-corrected chi connectivity index (χ0v) is 19.4. The minimum atomic E-state index is -0.0683. The van der Waals surface area contributed by atoms with Crippen LogP contribution in [0, 0.1) is 5.92 Å². The molecule has 1 aromatic carbocycles. The van der Waals surface area contributed by atoms with E-state index in [2.05, 4.69) is 39.7 Å². The van der Waals surface area contributed by atoms with Crippen LogP contribution in [0.2, 0.25) is 0 Å². The highest BCUT2D eigenvalue weighted by atomic mass is 127. The summed E-state index contributed by atoms with van der Waals surface area (Å²) in [6.45, 7) is 10.1. The molecule has 0 radical (unpaired) electrons. The molecule has 0 bridgehead atoms. The van der Waals surface area contributed by atoms with Crippen LogP contribution in [-0.4, -0.2) is 75.8 Å². The molecule has 0 aromatic heterocycles. The number of hydrogen-bond donors (Lipinski definition) is 3. The Kier molecular flexibility index (Phi) is 12.1. The van der Waals surface area contributed by atoms with Gasteiger partial charge < -0.3 is 20.7 Å². The second kappa shape index (κ2) is 13.7. The molecule has 1 aliphatic rings. The summed E-state index contributed by atoms with van der Waals surface area (Å²) >= 11 is 0. The fourth-order valence-corrected chi connectivity index (χ4v) is 3.07. The van der Waals surface area contributed by atoms with Crippen molar-refractivity contribution < 1.29 is 9.53 Å². The van der Waals surface area contributed by atoms with Crippen LogP contribution < -0.4 is 16.0 Å². The van der Waals surface area contributed by atoms with Gasteiger partial charge in [0.25, 0.3) is 5.91 Å². The molecule has 1 heterocycles. The lowest BCUT2D eigenvalue weighted by Crippen LogP contribution is -2.50. The van der Waals surface area contributed by atoms with Gasteiger partial charge in [-0.05, 0) is 18.1 Å². The Morgan fingerprint density at radius 3 is 2.61 bits per heavy atom. The summed E-state index contributed by atoms with van der Waals surface area (Å²) in [6.07, 6.45) is 0.161. The molecule has 8 heteroatoms. The van der Waals surface area contributed by atoms with Crippen molar-refractivity contribution in [2.75, 3.05) is 52.9 Å². The number of benzene rings is 1. The lowest BCUT2D eigenvalue weighted by atomic mass is 10.2. The molecule has 0 saturated carbocycles. The number of nitrogens with zero attached hydrogens (tertiary/aromatic N) is 2. The minimum Gasteiger partial charge on any atom is -0.374 e. The Labute approximate surface area is 185 Å². The number of guanidine groups is 1. The summed E-state index contributed by atoms with van der Waals surface area (Å²) in [6, 6.07) is 9.21. The first-order valence-electron chi connectivity index (χ1n) is 9.70. The molecule has 0 spiro atoms. The van der Waals surface area contributed by atoms with Crippen LogP contribution in [0.4, 0.5) is 0 Å². The first-order valence-corrected chi connectivity index (χ1v) is 9.70. The van der Waals surface area contributed by atoms with Crippen molar-refractivity contribution in [3.8, 4) is 0 Å². The van der Waals surface area contributed by atoms with Gasteiger partial charge in [0.1, 0.15) is 0 Å². The molecule has 1 aromatic rings. The van der Waals surface area contributed by atoms with E-state index in [1.165, 1.54) is 0 Å². The van der Waals surface area contributed by atoms with Crippen LogP contribution in [0.25, 0.3) is 0 Å². The van der Waals surface area contributed by atoms with E-state index in [1.807, 2.05) is 18.2 Å². The van der Waals surface area contributed by atoms with E-state index in [4.69, 9.17) is 4.74 Å². The normalized spacial score (nSPS) is 17.7.